The van der Waals surface area contributed by atoms with Crippen molar-refractivity contribution >= 4 is 40.3 Å². The first-order valence-electron chi connectivity index (χ1n) is 11.2. The number of carbonyl (C=O) groups is 1. The number of thioether (sulfide) groups is 1. The Labute approximate surface area is 214 Å². The molecule has 0 atom stereocenters. The molecular formula is C28H23N3O2S2. The summed E-state index contributed by atoms with van der Waals surface area (Å²) in [6.07, 6.45) is 4.59. The van der Waals surface area contributed by atoms with Gasteiger partial charge in [-0.3, -0.25) is 9.69 Å². The van der Waals surface area contributed by atoms with Gasteiger partial charge >= 0.3 is 0 Å². The largest absolute Gasteiger partial charge is 0.497 e. The second kappa shape index (κ2) is 10.3. The molecule has 5 rings (SSSR count). The van der Waals surface area contributed by atoms with Gasteiger partial charge in [-0.2, -0.15) is 5.10 Å². The molecule has 1 aliphatic heterocycles. The van der Waals surface area contributed by atoms with Crippen LogP contribution in [-0.4, -0.2) is 38.6 Å². The first kappa shape index (κ1) is 23.1. The standard InChI is InChI=1S/C28H23N3O2S2/c1-33-24-14-8-11-21(17-24)26-22(19-31(29-26)23-12-6-3-7-13-23)18-25-27(32)30(28(34)35-25)16-15-20-9-4-2-5-10-20/h2-14,17-19H,15-16H2,1H3/b25-18-. The van der Waals surface area contributed by atoms with Crippen LogP contribution in [0.3, 0.4) is 0 Å². The van der Waals surface area contributed by atoms with E-state index in [-0.39, 0.29) is 5.91 Å². The van der Waals surface area contributed by atoms with Gasteiger partial charge in [-0.15, -0.1) is 0 Å². The number of carbonyl (C=O) groups excluding carboxylic acids is 1. The summed E-state index contributed by atoms with van der Waals surface area (Å²) in [5.74, 6) is 0.676. The van der Waals surface area contributed by atoms with E-state index in [0.29, 0.717) is 15.8 Å². The number of nitrogens with zero attached hydrogens (tertiary/aromatic N) is 3. The molecule has 0 N–H and O–H groups in total. The smallest absolute Gasteiger partial charge is 0.266 e. The van der Waals surface area contributed by atoms with Crippen LogP contribution >= 0.6 is 24.0 Å². The lowest BCUT2D eigenvalue weighted by Crippen LogP contribution is -2.30. The molecular weight excluding hydrogens is 474 g/mol. The molecule has 0 radical (unpaired) electrons. The highest BCUT2D eigenvalue weighted by molar-refractivity contribution is 8.26. The molecule has 1 amide bonds. The van der Waals surface area contributed by atoms with Crippen molar-refractivity contribution in [3.63, 3.8) is 0 Å². The number of hydrogen-bond donors (Lipinski definition) is 0. The number of hydrogen-bond acceptors (Lipinski definition) is 5. The fraction of sp³-hybridized carbons (Fsp3) is 0.107. The Morgan fingerprint density at radius 2 is 1.74 bits per heavy atom. The quantitative estimate of drug-likeness (QED) is 0.232. The number of methoxy groups -OCH3 is 1. The fourth-order valence-corrected chi connectivity index (χ4v) is 5.22. The average molecular weight is 498 g/mol. The predicted molar refractivity (Wildman–Crippen MR) is 146 cm³/mol. The van der Waals surface area contributed by atoms with Crippen LogP contribution in [0.1, 0.15) is 11.1 Å². The number of ether oxygens (including phenoxy) is 1. The summed E-state index contributed by atoms with van der Waals surface area (Å²) in [6.45, 7) is 0.554. The summed E-state index contributed by atoms with van der Waals surface area (Å²) in [5, 5.41) is 4.86. The van der Waals surface area contributed by atoms with Crippen molar-refractivity contribution in [3.05, 3.63) is 107 Å². The Kier molecular flexibility index (Phi) is 6.79. The average Bonchev–Trinajstić information content (AvgIpc) is 3.44. The number of benzene rings is 3. The van der Waals surface area contributed by atoms with Crippen molar-refractivity contribution in [3.8, 4) is 22.7 Å². The van der Waals surface area contributed by atoms with Crippen LogP contribution < -0.4 is 4.74 Å². The highest BCUT2D eigenvalue weighted by Crippen LogP contribution is 2.35. The number of thiocarbonyl (C=S) groups is 1. The van der Waals surface area contributed by atoms with Gasteiger partial charge in [0.2, 0.25) is 0 Å². The molecule has 2 heterocycles. The van der Waals surface area contributed by atoms with Crippen LogP contribution in [0, 0.1) is 0 Å². The lowest BCUT2D eigenvalue weighted by molar-refractivity contribution is -0.122. The fourth-order valence-electron chi connectivity index (χ4n) is 3.92. The van der Waals surface area contributed by atoms with Crippen LogP contribution in [-0.2, 0) is 11.2 Å². The third-order valence-corrected chi connectivity index (χ3v) is 7.11. The molecule has 174 valence electrons. The van der Waals surface area contributed by atoms with Crippen molar-refractivity contribution in [1.29, 1.82) is 0 Å². The SMILES string of the molecule is COc1cccc(-c2nn(-c3ccccc3)cc2/C=C2\SC(=S)N(CCc3ccccc3)C2=O)c1. The first-order valence-corrected chi connectivity index (χ1v) is 12.4. The summed E-state index contributed by atoms with van der Waals surface area (Å²) in [4.78, 5) is 15.6. The van der Waals surface area contributed by atoms with E-state index in [1.165, 1.54) is 17.3 Å². The van der Waals surface area contributed by atoms with Gasteiger partial charge in [-0.1, -0.05) is 84.6 Å². The van der Waals surface area contributed by atoms with Crippen LogP contribution in [0.5, 0.6) is 5.75 Å². The number of aromatic nitrogens is 2. The lowest BCUT2D eigenvalue weighted by atomic mass is 10.1. The summed E-state index contributed by atoms with van der Waals surface area (Å²) < 4.78 is 7.83. The second-order valence-corrected chi connectivity index (χ2v) is 9.69. The number of rotatable bonds is 7. The normalized spacial score (nSPS) is 14.7. The summed E-state index contributed by atoms with van der Waals surface area (Å²) in [7, 11) is 1.64. The third-order valence-electron chi connectivity index (χ3n) is 5.73. The molecule has 1 aliphatic rings. The van der Waals surface area contributed by atoms with Gasteiger partial charge in [0.05, 0.1) is 17.7 Å². The molecule has 7 heteroatoms. The Balaban J connectivity index is 1.48. The Hall–Kier alpha value is -3.68. The molecule has 1 fully saturated rings. The van der Waals surface area contributed by atoms with Gasteiger partial charge in [0.1, 0.15) is 15.8 Å². The molecule has 1 saturated heterocycles. The van der Waals surface area contributed by atoms with E-state index >= 15 is 0 Å². The Bertz CT molecular complexity index is 1400. The molecule has 0 aliphatic carbocycles. The Morgan fingerprint density at radius 3 is 2.49 bits per heavy atom. The van der Waals surface area contributed by atoms with Crippen LogP contribution in [0.4, 0.5) is 0 Å². The van der Waals surface area contributed by atoms with Gasteiger partial charge in [0.15, 0.2) is 0 Å². The highest BCUT2D eigenvalue weighted by Gasteiger charge is 2.32. The zero-order valence-corrected chi connectivity index (χ0v) is 20.8. The number of amides is 1. The van der Waals surface area contributed by atoms with E-state index in [4.69, 9.17) is 22.1 Å². The monoisotopic (exact) mass is 497 g/mol. The maximum absolute atomic E-state index is 13.3. The second-order valence-electron chi connectivity index (χ2n) is 8.01. The molecule has 0 spiro atoms. The minimum absolute atomic E-state index is 0.0695. The third kappa shape index (κ3) is 5.06. The molecule has 0 bridgehead atoms. The van der Waals surface area contributed by atoms with E-state index in [9.17, 15) is 4.79 Å². The molecule has 1 aromatic heterocycles. The highest BCUT2D eigenvalue weighted by atomic mass is 32.2. The van der Waals surface area contributed by atoms with Crippen molar-refractivity contribution in [1.82, 2.24) is 14.7 Å². The van der Waals surface area contributed by atoms with Crippen molar-refractivity contribution < 1.29 is 9.53 Å². The maximum atomic E-state index is 13.3. The Morgan fingerprint density at radius 1 is 1.00 bits per heavy atom. The molecule has 0 unspecified atom stereocenters. The van der Waals surface area contributed by atoms with Gasteiger partial charge in [0.25, 0.3) is 5.91 Å². The van der Waals surface area contributed by atoms with E-state index in [1.807, 2.05) is 89.8 Å². The molecule has 35 heavy (non-hydrogen) atoms. The zero-order chi connectivity index (χ0) is 24.2. The maximum Gasteiger partial charge on any atom is 0.266 e. The zero-order valence-electron chi connectivity index (χ0n) is 19.1. The summed E-state index contributed by atoms with van der Waals surface area (Å²) in [6, 6.07) is 27.8. The van der Waals surface area contributed by atoms with Crippen molar-refractivity contribution in [2.24, 2.45) is 0 Å². The van der Waals surface area contributed by atoms with Gasteiger partial charge in [-0.25, -0.2) is 4.68 Å². The van der Waals surface area contributed by atoms with E-state index < -0.39 is 0 Å². The topological polar surface area (TPSA) is 47.4 Å². The first-order chi connectivity index (χ1) is 17.1. The van der Waals surface area contributed by atoms with Gasteiger partial charge < -0.3 is 4.74 Å². The van der Waals surface area contributed by atoms with Crippen LogP contribution in [0.2, 0.25) is 0 Å². The number of para-hydroxylation sites is 1. The van der Waals surface area contributed by atoms with Crippen LogP contribution in [0.25, 0.3) is 23.0 Å². The summed E-state index contributed by atoms with van der Waals surface area (Å²) >= 11 is 6.89. The van der Waals surface area contributed by atoms with Gasteiger partial charge in [-0.05, 0) is 42.3 Å². The predicted octanol–water partition coefficient (Wildman–Crippen LogP) is 5.99. The van der Waals surface area contributed by atoms with E-state index in [0.717, 1.165) is 34.7 Å². The van der Waals surface area contributed by atoms with E-state index in [2.05, 4.69) is 12.1 Å². The summed E-state index contributed by atoms with van der Waals surface area (Å²) in [5.41, 5.74) is 4.62. The minimum atomic E-state index is -0.0695. The molecule has 4 aromatic rings. The lowest BCUT2D eigenvalue weighted by Gasteiger charge is -2.14. The van der Waals surface area contributed by atoms with Crippen LogP contribution in [0.15, 0.2) is 96.0 Å². The van der Waals surface area contributed by atoms with E-state index in [1.54, 1.807) is 12.0 Å². The molecule has 5 nitrogen and oxygen atoms in total. The molecule has 0 saturated carbocycles. The minimum Gasteiger partial charge on any atom is -0.497 e. The van der Waals surface area contributed by atoms with Crippen molar-refractivity contribution in [2.75, 3.05) is 13.7 Å². The van der Waals surface area contributed by atoms with Crippen molar-refractivity contribution in [2.45, 2.75) is 6.42 Å². The molecule has 3 aromatic carbocycles. The van der Waals surface area contributed by atoms with Gasteiger partial charge in [0, 0.05) is 23.9 Å².